The number of hydrogen-bond donors (Lipinski definition) is 2. The molecule has 0 radical (unpaired) electrons. The van der Waals surface area contributed by atoms with Crippen molar-refractivity contribution in [1.29, 1.82) is 0 Å². The number of amides is 1. The normalized spacial score (nSPS) is 10.5. The number of hydrogen-bond acceptors (Lipinski definition) is 3. The van der Waals surface area contributed by atoms with Crippen molar-refractivity contribution in [2.45, 2.75) is 13.0 Å². The van der Waals surface area contributed by atoms with Crippen molar-refractivity contribution >= 4 is 73.7 Å². The Morgan fingerprint density at radius 1 is 0.893 bits per heavy atom. The van der Waals surface area contributed by atoms with Crippen LogP contribution in [0.4, 0.5) is 0 Å². The molecule has 0 saturated carbocycles. The summed E-state index contributed by atoms with van der Waals surface area (Å²) in [5.74, 6) is 1.62. The van der Waals surface area contributed by atoms with Crippen LogP contribution in [-0.4, -0.2) is 11.0 Å². The van der Waals surface area contributed by atoms with Crippen molar-refractivity contribution in [3.63, 3.8) is 0 Å². The van der Waals surface area contributed by atoms with Crippen LogP contribution < -0.4 is 10.1 Å². The van der Waals surface area contributed by atoms with Gasteiger partial charge in [0.05, 0.1) is 17.1 Å². The van der Waals surface area contributed by atoms with Gasteiger partial charge >= 0.3 is 0 Å². The highest BCUT2D eigenvalue weighted by Gasteiger charge is 2.13. The van der Waals surface area contributed by atoms with Gasteiger partial charge in [-0.2, -0.15) is 0 Å². The summed E-state index contributed by atoms with van der Waals surface area (Å²) in [6.45, 7) is 0.522. The van der Waals surface area contributed by atoms with Crippen LogP contribution in [0.15, 0.2) is 60.7 Å². The lowest BCUT2D eigenvalue weighted by atomic mass is 10.1. The SMILES string of the molecule is O=C(Cc1cc(I)c(Oc2ccc(O)c(I)c2)c(I)c1)NCc1ccccc1. The highest BCUT2D eigenvalue weighted by molar-refractivity contribution is 14.1. The van der Waals surface area contributed by atoms with Gasteiger partial charge in [-0.15, -0.1) is 0 Å². The zero-order valence-corrected chi connectivity index (χ0v) is 21.1. The fraction of sp³-hybridized carbons (Fsp3) is 0.0952. The number of ether oxygens (including phenoxy) is 1. The Labute approximate surface area is 204 Å². The third-order valence-electron chi connectivity index (χ3n) is 3.89. The van der Waals surface area contributed by atoms with E-state index in [0.717, 1.165) is 27.6 Å². The first kappa shape index (κ1) is 21.6. The Balaban J connectivity index is 1.67. The van der Waals surface area contributed by atoms with E-state index in [9.17, 15) is 9.90 Å². The average molecular weight is 711 g/mol. The largest absolute Gasteiger partial charge is 0.507 e. The van der Waals surface area contributed by atoms with Crippen LogP contribution in [0.2, 0.25) is 0 Å². The lowest BCUT2D eigenvalue weighted by Crippen LogP contribution is -2.24. The minimum absolute atomic E-state index is 0.0165. The minimum atomic E-state index is -0.0165. The predicted molar refractivity (Wildman–Crippen MR) is 135 cm³/mol. The van der Waals surface area contributed by atoms with Gasteiger partial charge in [0.25, 0.3) is 0 Å². The number of aromatic hydroxyl groups is 1. The number of carbonyl (C=O) groups excluding carboxylic acids is 1. The first-order valence-electron chi connectivity index (χ1n) is 8.37. The van der Waals surface area contributed by atoms with E-state index >= 15 is 0 Å². The van der Waals surface area contributed by atoms with Gasteiger partial charge in [0, 0.05) is 6.54 Å². The monoisotopic (exact) mass is 711 g/mol. The molecule has 0 aliphatic carbocycles. The second kappa shape index (κ2) is 10.1. The molecule has 4 nitrogen and oxygen atoms in total. The number of phenolic OH excluding ortho intramolecular Hbond substituents is 1. The van der Waals surface area contributed by atoms with Crippen molar-refractivity contribution in [2.24, 2.45) is 0 Å². The first-order chi connectivity index (χ1) is 13.4. The van der Waals surface area contributed by atoms with Crippen LogP contribution in [0.1, 0.15) is 11.1 Å². The van der Waals surface area contributed by atoms with E-state index in [1.165, 1.54) is 0 Å². The van der Waals surface area contributed by atoms with Crippen molar-refractivity contribution in [3.8, 4) is 17.2 Å². The molecule has 3 aromatic rings. The van der Waals surface area contributed by atoms with Crippen LogP contribution in [-0.2, 0) is 17.8 Å². The van der Waals surface area contributed by atoms with Crippen molar-refractivity contribution in [3.05, 3.63) is 82.5 Å². The molecular formula is C21H16I3NO3. The zero-order valence-electron chi connectivity index (χ0n) is 14.6. The Morgan fingerprint density at radius 3 is 2.21 bits per heavy atom. The van der Waals surface area contributed by atoms with Crippen LogP contribution >= 0.6 is 67.8 Å². The molecule has 3 aromatic carbocycles. The summed E-state index contributed by atoms with van der Waals surface area (Å²) in [6, 6.07) is 18.9. The maximum Gasteiger partial charge on any atom is 0.224 e. The molecule has 144 valence electrons. The third kappa shape index (κ3) is 5.96. The highest BCUT2D eigenvalue weighted by Crippen LogP contribution is 2.34. The molecule has 0 aliphatic heterocycles. The lowest BCUT2D eigenvalue weighted by molar-refractivity contribution is -0.120. The molecule has 0 bridgehead atoms. The number of rotatable bonds is 6. The number of nitrogens with one attached hydrogen (secondary N) is 1. The van der Waals surface area contributed by atoms with E-state index in [1.807, 2.05) is 42.5 Å². The van der Waals surface area contributed by atoms with Crippen LogP contribution in [0.5, 0.6) is 17.2 Å². The summed E-state index contributed by atoms with van der Waals surface area (Å²) in [5, 5.41) is 12.6. The van der Waals surface area contributed by atoms with Gasteiger partial charge in [-0.1, -0.05) is 30.3 Å². The molecule has 28 heavy (non-hydrogen) atoms. The van der Waals surface area contributed by atoms with Crippen LogP contribution in [0, 0.1) is 10.7 Å². The molecule has 0 fully saturated rings. The van der Waals surface area contributed by atoms with Gasteiger partial charge in [-0.25, -0.2) is 0 Å². The molecule has 7 heteroatoms. The molecule has 0 heterocycles. The van der Waals surface area contributed by atoms with Gasteiger partial charge in [-0.3, -0.25) is 4.79 Å². The molecule has 0 aliphatic rings. The highest BCUT2D eigenvalue weighted by atomic mass is 127. The molecular weight excluding hydrogens is 695 g/mol. The van der Waals surface area contributed by atoms with E-state index in [4.69, 9.17) is 4.74 Å². The topological polar surface area (TPSA) is 58.6 Å². The van der Waals surface area contributed by atoms with Crippen LogP contribution in [0.3, 0.4) is 0 Å². The first-order valence-corrected chi connectivity index (χ1v) is 11.6. The van der Waals surface area contributed by atoms with Gasteiger partial charge in [-0.05, 0) is 109 Å². The van der Waals surface area contributed by atoms with E-state index in [-0.39, 0.29) is 11.7 Å². The molecule has 2 N–H and O–H groups in total. The predicted octanol–water partition coefficient (Wildman–Crippen LogP) is 5.86. The average Bonchev–Trinajstić information content (AvgIpc) is 2.67. The Morgan fingerprint density at radius 2 is 1.57 bits per heavy atom. The Bertz CT molecular complexity index is 970. The number of benzene rings is 3. The summed E-state index contributed by atoms with van der Waals surface area (Å²) < 4.78 is 8.60. The smallest absolute Gasteiger partial charge is 0.224 e. The fourth-order valence-electron chi connectivity index (χ4n) is 2.53. The molecule has 0 atom stereocenters. The quantitative estimate of drug-likeness (QED) is 0.316. The standard InChI is InChI=1S/C21H16I3NO3/c22-16-11-15(6-7-19(16)26)28-21-17(23)8-14(9-18(21)24)10-20(27)25-12-13-4-2-1-3-5-13/h1-9,11,26H,10,12H2,(H,25,27). The molecule has 0 spiro atoms. The maximum atomic E-state index is 12.3. The maximum absolute atomic E-state index is 12.3. The number of phenols is 1. The minimum Gasteiger partial charge on any atom is -0.507 e. The second-order valence-electron chi connectivity index (χ2n) is 6.04. The van der Waals surface area contributed by atoms with Crippen molar-refractivity contribution < 1.29 is 14.6 Å². The van der Waals surface area contributed by atoms with E-state index in [0.29, 0.717) is 18.7 Å². The van der Waals surface area contributed by atoms with E-state index < -0.39 is 0 Å². The molecule has 3 rings (SSSR count). The lowest BCUT2D eigenvalue weighted by Gasteiger charge is -2.13. The summed E-state index contributed by atoms with van der Waals surface area (Å²) >= 11 is 6.50. The Kier molecular flexibility index (Phi) is 7.80. The molecule has 0 saturated heterocycles. The van der Waals surface area contributed by atoms with Gasteiger partial charge in [0.2, 0.25) is 5.91 Å². The van der Waals surface area contributed by atoms with Crippen molar-refractivity contribution in [2.75, 3.05) is 0 Å². The van der Waals surface area contributed by atoms with Crippen molar-refractivity contribution in [1.82, 2.24) is 5.32 Å². The van der Waals surface area contributed by atoms with E-state index in [1.54, 1.807) is 18.2 Å². The number of carbonyl (C=O) groups is 1. The van der Waals surface area contributed by atoms with Crippen LogP contribution in [0.25, 0.3) is 0 Å². The molecule has 0 aromatic heterocycles. The zero-order chi connectivity index (χ0) is 20.1. The summed E-state index contributed by atoms with van der Waals surface area (Å²) in [6.07, 6.45) is 0.316. The molecule has 1 amide bonds. The van der Waals surface area contributed by atoms with Gasteiger partial charge in [0.15, 0.2) is 5.75 Å². The van der Waals surface area contributed by atoms with Gasteiger partial charge < -0.3 is 15.2 Å². The number of halogens is 3. The summed E-state index contributed by atoms with van der Waals surface area (Å²) in [4.78, 5) is 12.3. The summed E-state index contributed by atoms with van der Waals surface area (Å²) in [7, 11) is 0. The third-order valence-corrected chi connectivity index (χ3v) is 6.36. The van der Waals surface area contributed by atoms with Gasteiger partial charge in [0.1, 0.15) is 11.5 Å². The Hall–Kier alpha value is -1.08. The molecule has 0 unspecified atom stereocenters. The second-order valence-corrected chi connectivity index (χ2v) is 9.53. The van der Waals surface area contributed by atoms with E-state index in [2.05, 4.69) is 73.1 Å². The fourth-order valence-corrected chi connectivity index (χ4v) is 5.13. The summed E-state index contributed by atoms with van der Waals surface area (Å²) in [5.41, 5.74) is 2.01.